The van der Waals surface area contributed by atoms with Crippen LogP contribution in [0.5, 0.6) is 17.2 Å². The molecule has 130 valence electrons. The normalized spacial score (nSPS) is 11.8. The molecule has 2 rings (SSSR count). The molecule has 2 aromatic carbocycles. The van der Waals surface area contributed by atoms with Crippen molar-refractivity contribution in [2.75, 3.05) is 26.9 Å². The molecule has 0 bridgehead atoms. The minimum atomic E-state index is 0.215. The number of hydrogen-bond acceptors (Lipinski definition) is 4. The zero-order valence-electron chi connectivity index (χ0n) is 14.7. The van der Waals surface area contributed by atoms with Gasteiger partial charge in [0.2, 0.25) is 0 Å². The fourth-order valence-corrected chi connectivity index (χ4v) is 2.78. The molecular formula is C20H27NO3. The van der Waals surface area contributed by atoms with Crippen molar-refractivity contribution in [3.63, 3.8) is 0 Å². The van der Waals surface area contributed by atoms with Crippen LogP contribution in [0.4, 0.5) is 0 Å². The minimum Gasteiger partial charge on any atom is -0.497 e. The Balaban J connectivity index is 2.27. The lowest BCUT2D eigenvalue weighted by Crippen LogP contribution is -2.16. The first-order chi connectivity index (χ1) is 11.7. The summed E-state index contributed by atoms with van der Waals surface area (Å²) >= 11 is 0. The summed E-state index contributed by atoms with van der Waals surface area (Å²) in [6.45, 7) is 5.74. The fourth-order valence-electron chi connectivity index (χ4n) is 2.78. The first kappa shape index (κ1) is 18.1. The molecule has 2 aromatic rings. The molecule has 2 N–H and O–H groups in total. The van der Waals surface area contributed by atoms with E-state index in [1.54, 1.807) is 7.11 Å². The Morgan fingerprint density at radius 2 is 1.67 bits per heavy atom. The van der Waals surface area contributed by atoms with Gasteiger partial charge in [-0.25, -0.2) is 0 Å². The van der Waals surface area contributed by atoms with E-state index in [2.05, 4.69) is 18.2 Å². The third-order valence-corrected chi connectivity index (χ3v) is 3.99. The van der Waals surface area contributed by atoms with Crippen molar-refractivity contribution in [2.24, 2.45) is 5.73 Å². The fraction of sp³-hybridized carbons (Fsp3) is 0.400. The van der Waals surface area contributed by atoms with E-state index in [0.29, 0.717) is 19.8 Å². The first-order valence-electron chi connectivity index (χ1n) is 8.44. The number of benzene rings is 2. The molecule has 0 spiro atoms. The molecule has 24 heavy (non-hydrogen) atoms. The van der Waals surface area contributed by atoms with Crippen molar-refractivity contribution in [3.05, 3.63) is 53.6 Å². The van der Waals surface area contributed by atoms with E-state index in [1.807, 2.05) is 38.1 Å². The van der Waals surface area contributed by atoms with Crippen molar-refractivity contribution in [1.82, 2.24) is 0 Å². The average molecular weight is 329 g/mol. The van der Waals surface area contributed by atoms with Gasteiger partial charge in [0.25, 0.3) is 0 Å². The smallest absolute Gasteiger partial charge is 0.164 e. The lowest BCUT2D eigenvalue weighted by molar-refractivity contribution is 0.285. The maximum atomic E-state index is 6.04. The Hall–Kier alpha value is -2.20. The van der Waals surface area contributed by atoms with Crippen molar-refractivity contribution in [1.29, 1.82) is 0 Å². The van der Waals surface area contributed by atoms with E-state index in [4.69, 9.17) is 19.9 Å². The predicted octanol–water partition coefficient (Wildman–Crippen LogP) is 3.78. The molecular weight excluding hydrogens is 302 g/mol. The van der Waals surface area contributed by atoms with Crippen LogP contribution in [0.1, 0.15) is 30.9 Å². The molecule has 1 unspecified atom stereocenters. The first-order valence-corrected chi connectivity index (χ1v) is 8.44. The van der Waals surface area contributed by atoms with E-state index in [9.17, 15) is 0 Å². The molecule has 0 saturated heterocycles. The number of methoxy groups -OCH3 is 1. The Morgan fingerprint density at radius 3 is 2.25 bits per heavy atom. The molecule has 0 radical (unpaired) electrons. The van der Waals surface area contributed by atoms with Crippen molar-refractivity contribution in [2.45, 2.75) is 26.2 Å². The molecule has 0 aliphatic rings. The van der Waals surface area contributed by atoms with E-state index < -0.39 is 0 Å². The van der Waals surface area contributed by atoms with Crippen molar-refractivity contribution < 1.29 is 14.2 Å². The van der Waals surface area contributed by atoms with Crippen LogP contribution in [-0.4, -0.2) is 26.9 Å². The Bertz CT molecular complexity index is 625. The zero-order chi connectivity index (χ0) is 17.4. The summed E-state index contributed by atoms with van der Waals surface area (Å²) in [4.78, 5) is 0. The van der Waals surface area contributed by atoms with Crippen LogP contribution in [0.25, 0.3) is 0 Å². The van der Waals surface area contributed by atoms with E-state index in [0.717, 1.165) is 29.2 Å². The molecule has 0 heterocycles. The lowest BCUT2D eigenvalue weighted by atomic mass is 9.91. The maximum absolute atomic E-state index is 6.04. The maximum Gasteiger partial charge on any atom is 0.164 e. The van der Waals surface area contributed by atoms with Crippen LogP contribution in [0.2, 0.25) is 0 Å². The van der Waals surface area contributed by atoms with Gasteiger partial charge >= 0.3 is 0 Å². The molecule has 0 aromatic heterocycles. The molecule has 0 fully saturated rings. The van der Waals surface area contributed by atoms with Crippen molar-refractivity contribution in [3.8, 4) is 17.2 Å². The van der Waals surface area contributed by atoms with Gasteiger partial charge in [-0.2, -0.15) is 0 Å². The highest BCUT2D eigenvalue weighted by Crippen LogP contribution is 2.34. The molecule has 4 nitrogen and oxygen atoms in total. The Morgan fingerprint density at radius 1 is 0.958 bits per heavy atom. The van der Waals surface area contributed by atoms with E-state index >= 15 is 0 Å². The van der Waals surface area contributed by atoms with E-state index in [-0.39, 0.29) is 5.92 Å². The Kier molecular flexibility index (Phi) is 6.94. The van der Waals surface area contributed by atoms with Gasteiger partial charge < -0.3 is 19.9 Å². The minimum absolute atomic E-state index is 0.215. The summed E-state index contributed by atoms with van der Waals surface area (Å²) in [6, 6.07) is 14.1. The highest BCUT2D eigenvalue weighted by Gasteiger charge is 2.17. The van der Waals surface area contributed by atoms with Gasteiger partial charge in [0.05, 0.1) is 20.3 Å². The van der Waals surface area contributed by atoms with Crippen LogP contribution in [0.15, 0.2) is 42.5 Å². The van der Waals surface area contributed by atoms with Crippen LogP contribution in [0, 0.1) is 0 Å². The van der Waals surface area contributed by atoms with Crippen LogP contribution in [-0.2, 0) is 6.42 Å². The number of hydrogen-bond donors (Lipinski definition) is 1. The third kappa shape index (κ3) is 4.42. The SMILES string of the molecule is CCOc1cccc(CC(CN)c2ccc(OC)cc2)c1OCC. The van der Waals surface area contributed by atoms with Gasteiger partial charge in [0, 0.05) is 5.92 Å². The standard InChI is InChI=1S/C20H27NO3/c1-4-23-19-8-6-7-16(20(19)24-5-2)13-17(14-21)15-9-11-18(22-3)12-10-15/h6-12,17H,4-5,13-14,21H2,1-3H3. The highest BCUT2D eigenvalue weighted by atomic mass is 16.5. The highest BCUT2D eigenvalue weighted by molar-refractivity contribution is 5.47. The second kappa shape index (κ2) is 9.18. The summed E-state index contributed by atoms with van der Waals surface area (Å²) in [6.07, 6.45) is 0.805. The largest absolute Gasteiger partial charge is 0.497 e. The summed E-state index contributed by atoms with van der Waals surface area (Å²) in [5.41, 5.74) is 8.36. The quantitative estimate of drug-likeness (QED) is 0.761. The van der Waals surface area contributed by atoms with Gasteiger partial charge in [-0.1, -0.05) is 24.3 Å². The van der Waals surface area contributed by atoms with Crippen LogP contribution >= 0.6 is 0 Å². The second-order valence-corrected chi connectivity index (χ2v) is 5.52. The van der Waals surface area contributed by atoms with Gasteiger partial charge in [-0.05, 0) is 56.1 Å². The zero-order valence-corrected chi connectivity index (χ0v) is 14.7. The molecule has 0 saturated carbocycles. The van der Waals surface area contributed by atoms with Gasteiger partial charge in [0.1, 0.15) is 5.75 Å². The third-order valence-electron chi connectivity index (χ3n) is 3.99. The molecule has 4 heteroatoms. The second-order valence-electron chi connectivity index (χ2n) is 5.52. The Labute approximate surface area is 144 Å². The number of ether oxygens (including phenoxy) is 3. The number of nitrogens with two attached hydrogens (primary N) is 1. The topological polar surface area (TPSA) is 53.7 Å². The van der Waals surface area contributed by atoms with Crippen LogP contribution in [0.3, 0.4) is 0 Å². The van der Waals surface area contributed by atoms with Crippen molar-refractivity contribution >= 4 is 0 Å². The molecule has 0 amide bonds. The monoisotopic (exact) mass is 329 g/mol. The van der Waals surface area contributed by atoms with E-state index in [1.165, 1.54) is 5.56 Å². The average Bonchev–Trinajstić information content (AvgIpc) is 2.62. The summed E-state index contributed by atoms with van der Waals surface area (Å²) in [5, 5.41) is 0. The molecule has 1 atom stereocenters. The molecule has 0 aliphatic carbocycles. The summed E-state index contributed by atoms with van der Waals surface area (Å²) in [5.74, 6) is 2.69. The summed E-state index contributed by atoms with van der Waals surface area (Å²) < 4.78 is 16.8. The van der Waals surface area contributed by atoms with Gasteiger partial charge in [-0.3, -0.25) is 0 Å². The van der Waals surface area contributed by atoms with Crippen LogP contribution < -0.4 is 19.9 Å². The van der Waals surface area contributed by atoms with Gasteiger partial charge in [-0.15, -0.1) is 0 Å². The lowest BCUT2D eigenvalue weighted by Gasteiger charge is -2.20. The predicted molar refractivity (Wildman–Crippen MR) is 97.3 cm³/mol. The summed E-state index contributed by atoms with van der Waals surface area (Å²) in [7, 11) is 1.67. The number of rotatable bonds is 9. The molecule has 0 aliphatic heterocycles. The number of para-hydroxylation sites is 1. The van der Waals surface area contributed by atoms with Gasteiger partial charge in [0.15, 0.2) is 11.5 Å².